The topological polar surface area (TPSA) is 86.5 Å². The molecule has 0 radical (unpaired) electrons. The second-order valence-electron chi connectivity index (χ2n) is 7.66. The van der Waals surface area contributed by atoms with Crippen molar-refractivity contribution in [3.63, 3.8) is 0 Å². The van der Waals surface area contributed by atoms with Crippen LogP contribution in [0.2, 0.25) is 0 Å². The molecule has 2 aromatic carbocycles. The van der Waals surface area contributed by atoms with Crippen molar-refractivity contribution in [3.05, 3.63) is 54.1 Å². The fourth-order valence-electron chi connectivity index (χ4n) is 3.86. The van der Waals surface area contributed by atoms with E-state index in [1.54, 1.807) is 6.07 Å². The smallest absolute Gasteiger partial charge is 0.416 e. The Morgan fingerprint density at radius 2 is 1.88 bits per heavy atom. The molecule has 33 heavy (non-hydrogen) atoms. The SMILES string of the molecule is COC(=O)C1CC(Oc2nc(-c3ccc(C(F)(F)F)cc3)nc3c2oc2ccccc23)CN1. The Morgan fingerprint density at radius 3 is 2.61 bits per heavy atom. The molecule has 7 nitrogen and oxygen atoms in total. The number of benzene rings is 2. The van der Waals surface area contributed by atoms with Gasteiger partial charge in [0.1, 0.15) is 23.2 Å². The minimum absolute atomic E-state index is 0.156. The van der Waals surface area contributed by atoms with E-state index in [-0.39, 0.29) is 23.8 Å². The molecule has 2 aromatic heterocycles. The Labute approximate surface area is 185 Å². The molecule has 170 valence electrons. The van der Waals surface area contributed by atoms with Crippen LogP contribution in [0.1, 0.15) is 12.0 Å². The number of aromatic nitrogens is 2. The van der Waals surface area contributed by atoms with Gasteiger partial charge in [-0.3, -0.25) is 4.79 Å². The van der Waals surface area contributed by atoms with Gasteiger partial charge in [-0.1, -0.05) is 24.3 Å². The minimum atomic E-state index is -4.44. The summed E-state index contributed by atoms with van der Waals surface area (Å²) in [6.07, 6.45) is -4.46. The van der Waals surface area contributed by atoms with Gasteiger partial charge < -0.3 is 19.2 Å². The van der Waals surface area contributed by atoms with E-state index in [1.807, 2.05) is 18.2 Å². The van der Waals surface area contributed by atoms with Crippen LogP contribution in [0.3, 0.4) is 0 Å². The molecular weight excluding hydrogens is 439 g/mol. The van der Waals surface area contributed by atoms with Crippen LogP contribution in [0, 0.1) is 0 Å². The normalized spacial score (nSPS) is 18.7. The number of esters is 1. The Balaban J connectivity index is 1.57. The molecule has 2 atom stereocenters. The van der Waals surface area contributed by atoms with Crippen LogP contribution < -0.4 is 10.1 Å². The maximum absolute atomic E-state index is 13.0. The van der Waals surface area contributed by atoms with Gasteiger partial charge in [0.05, 0.1) is 12.7 Å². The van der Waals surface area contributed by atoms with Crippen LogP contribution in [0.4, 0.5) is 13.2 Å². The Bertz CT molecular complexity index is 1330. The lowest BCUT2D eigenvalue weighted by Gasteiger charge is -2.13. The van der Waals surface area contributed by atoms with Crippen molar-refractivity contribution in [2.75, 3.05) is 13.7 Å². The number of fused-ring (bicyclic) bond motifs is 3. The lowest BCUT2D eigenvalue weighted by Crippen LogP contribution is -2.31. The van der Waals surface area contributed by atoms with Gasteiger partial charge in [0, 0.05) is 23.9 Å². The Kier molecular flexibility index (Phi) is 5.16. The summed E-state index contributed by atoms with van der Waals surface area (Å²) in [4.78, 5) is 20.8. The monoisotopic (exact) mass is 457 g/mol. The molecule has 1 fully saturated rings. The second-order valence-corrected chi connectivity index (χ2v) is 7.66. The molecule has 10 heteroatoms. The Morgan fingerprint density at radius 1 is 1.12 bits per heavy atom. The summed E-state index contributed by atoms with van der Waals surface area (Å²) in [6, 6.07) is 11.4. The molecular formula is C23H18F3N3O4. The summed E-state index contributed by atoms with van der Waals surface area (Å²) in [5, 5.41) is 3.77. The average Bonchev–Trinajstić information content (AvgIpc) is 3.43. The highest BCUT2D eigenvalue weighted by atomic mass is 19.4. The summed E-state index contributed by atoms with van der Waals surface area (Å²) in [7, 11) is 1.32. The number of methoxy groups -OCH3 is 1. The van der Waals surface area contributed by atoms with Crippen LogP contribution in [0.15, 0.2) is 52.9 Å². The van der Waals surface area contributed by atoms with Crippen molar-refractivity contribution in [1.29, 1.82) is 0 Å². The molecule has 1 aliphatic rings. The van der Waals surface area contributed by atoms with E-state index in [1.165, 1.54) is 19.2 Å². The van der Waals surface area contributed by atoms with Gasteiger partial charge in [0.25, 0.3) is 5.88 Å². The van der Waals surface area contributed by atoms with Gasteiger partial charge >= 0.3 is 12.1 Å². The first-order valence-electron chi connectivity index (χ1n) is 10.2. The van der Waals surface area contributed by atoms with Crippen molar-refractivity contribution >= 4 is 28.0 Å². The molecule has 2 unspecified atom stereocenters. The van der Waals surface area contributed by atoms with E-state index >= 15 is 0 Å². The number of rotatable bonds is 4. The van der Waals surface area contributed by atoms with E-state index in [0.29, 0.717) is 35.2 Å². The highest BCUT2D eigenvalue weighted by Crippen LogP contribution is 2.36. The maximum atomic E-state index is 13.0. The molecule has 0 amide bonds. The zero-order valence-corrected chi connectivity index (χ0v) is 17.3. The molecule has 1 N–H and O–H groups in total. The number of hydrogen-bond acceptors (Lipinski definition) is 7. The number of alkyl halides is 3. The fourth-order valence-corrected chi connectivity index (χ4v) is 3.86. The van der Waals surface area contributed by atoms with Crippen LogP contribution >= 0.6 is 0 Å². The molecule has 1 saturated heterocycles. The predicted molar refractivity (Wildman–Crippen MR) is 113 cm³/mol. The van der Waals surface area contributed by atoms with Crippen molar-refractivity contribution in [1.82, 2.24) is 15.3 Å². The number of para-hydroxylation sites is 1. The van der Waals surface area contributed by atoms with E-state index in [4.69, 9.17) is 13.9 Å². The number of nitrogens with one attached hydrogen (secondary N) is 1. The molecule has 0 aliphatic carbocycles. The van der Waals surface area contributed by atoms with Gasteiger partial charge in [-0.15, -0.1) is 0 Å². The van der Waals surface area contributed by atoms with E-state index in [0.717, 1.165) is 17.5 Å². The first-order valence-corrected chi connectivity index (χ1v) is 10.2. The highest BCUT2D eigenvalue weighted by Gasteiger charge is 2.33. The molecule has 0 saturated carbocycles. The number of carbonyl (C=O) groups excluding carboxylic acids is 1. The number of furan rings is 1. The van der Waals surface area contributed by atoms with Gasteiger partial charge in [-0.05, 0) is 24.3 Å². The Hall–Kier alpha value is -3.66. The van der Waals surface area contributed by atoms with Crippen LogP contribution in [0.25, 0.3) is 33.5 Å². The highest BCUT2D eigenvalue weighted by molar-refractivity contribution is 6.04. The van der Waals surface area contributed by atoms with Crippen molar-refractivity contribution in [2.45, 2.75) is 24.7 Å². The molecule has 3 heterocycles. The van der Waals surface area contributed by atoms with Gasteiger partial charge in [0.2, 0.25) is 5.58 Å². The number of hydrogen-bond donors (Lipinski definition) is 1. The first kappa shape index (κ1) is 21.2. The summed E-state index contributed by atoms with van der Waals surface area (Å²) in [5.74, 6) is -0.0280. The van der Waals surface area contributed by atoms with Gasteiger partial charge in [-0.2, -0.15) is 18.2 Å². The zero-order chi connectivity index (χ0) is 23.2. The molecule has 4 aromatic rings. The van der Waals surface area contributed by atoms with Crippen molar-refractivity contribution < 1.29 is 31.9 Å². The average molecular weight is 457 g/mol. The summed E-state index contributed by atoms with van der Waals surface area (Å²) in [5.41, 5.74) is 1.03. The first-order chi connectivity index (χ1) is 15.8. The van der Waals surface area contributed by atoms with Crippen LogP contribution in [-0.2, 0) is 15.7 Å². The number of halogens is 3. The quantitative estimate of drug-likeness (QED) is 0.456. The third-order valence-electron chi connectivity index (χ3n) is 5.51. The van der Waals surface area contributed by atoms with Crippen LogP contribution in [-0.4, -0.2) is 41.7 Å². The molecule has 1 aliphatic heterocycles. The maximum Gasteiger partial charge on any atom is 0.416 e. The van der Waals surface area contributed by atoms with Crippen molar-refractivity contribution in [2.24, 2.45) is 0 Å². The standard InChI is InChI=1S/C23H18F3N3O4/c1-31-22(30)16-10-14(11-27-16)32-21-19-18(15-4-2-3-5-17(15)33-19)28-20(29-21)12-6-8-13(9-7-12)23(24,25)26/h2-9,14,16,27H,10-11H2,1H3. The summed E-state index contributed by atoms with van der Waals surface area (Å²) in [6.45, 7) is 0.390. The fraction of sp³-hybridized carbons (Fsp3) is 0.261. The van der Waals surface area contributed by atoms with Gasteiger partial charge in [0.15, 0.2) is 5.82 Å². The molecule has 0 bridgehead atoms. The second kappa shape index (κ2) is 8.04. The third kappa shape index (κ3) is 3.97. The zero-order valence-electron chi connectivity index (χ0n) is 17.3. The van der Waals surface area contributed by atoms with Gasteiger partial charge in [-0.25, -0.2) is 4.98 Å². The number of carbonyl (C=O) groups is 1. The van der Waals surface area contributed by atoms with E-state index < -0.39 is 17.8 Å². The summed E-state index contributed by atoms with van der Waals surface area (Å²) >= 11 is 0. The minimum Gasteiger partial charge on any atom is -0.470 e. The van der Waals surface area contributed by atoms with Crippen LogP contribution in [0.5, 0.6) is 5.88 Å². The van der Waals surface area contributed by atoms with E-state index in [2.05, 4.69) is 15.3 Å². The lowest BCUT2D eigenvalue weighted by molar-refractivity contribution is -0.142. The largest absolute Gasteiger partial charge is 0.470 e. The third-order valence-corrected chi connectivity index (χ3v) is 5.51. The lowest BCUT2D eigenvalue weighted by atomic mass is 10.1. The number of ether oxygens (including phenoxy) is 2. The predicted octanol–water partition coefficient (Wildman–Crippen LogP) is 4.34. The van der Waals surface area contributed by atoms with E-state index in [9.17, 15) is 18.0 Å². The summed E-state index contributed by atoms with van der Waals surface area (Å²) < 4.78 is 55.7. The van der Waals surface area contributed by atoms with Crippen molar-refractivity contribution in [3.8, 4) is 17.3 Å². The molecule has 5 rings (SSSR count). The molecule has 0 spiro atoms. The number of nitrogens with zero attached hydrogens (tertiary/aromatic N) is 2.